The number of piperidine rings is 1. The van der Waals surface area contributed by atoms with Crippen molar-refractivity contribution in [2.24, 2.45) is 5.92 Å². The molecule has 3 aliphatic rings. The second kappa shape index (κ2) is 5.54. The van der Waals surface area contributed by atoms with Gasteiger partial charge < -0.3 is 9.84 Å². The number of aromatic nitrogens is 2. The molecule has 3 heterocycles. The molecule has 8 heteroatoms. The smallest absolute Gasteiger partial charge is 0.324 e. The fourth-order valence-corrected chi connectivity index (χ4v) is 3.78. The van der Waals surface area contributed by atoms with Crippen molar-refractivity contribution in [3.63, 3.8) is 0 Å². The fraction of sp³-hybridized carbons (Fsp3) is 0.750. The van der Waals surface area contributed by atoms with E-state index >= 15 is 0 Å². The molecule has 0 aromatic carbocycles. The SMILES string of the molecule is CN1C(=O)NC(C)(C2CCCN(Cc3nc(C4CC4)no3)C2)C1=O. The van der Waals surface area contributed by atoms with Crippen molar-refractivity contribution >= 4 is 11.9 Å². The van der Waals surface area contributed by atoms with Gasteiger partial charge in [-0.15, -0.1) is 0 Å². The maximum Gasteiger partial charge on any atom is 0.324 e. The van der Waals surface area contributed by atoms with Crippen LogP contribution in [0.3, 0.4) is 0 Å². The highest BCUT2D eigenvalue weighted by Crippen LogP contribution is 2.38. The average Bonchev–Trinajstić information content (AvgIpc) is 3.29. The maximum atomic E-state index is 12.5. The van der Waals surface area contributed by atoms with Gasteiger partial charge in [0.05, 0.1) is 6.54 Å². The fourth-order valence-electron chi connectivity index (χ4n) is 3.78. The molecule has 1 aliphatic carbocycles. The Hall–Kier alpha value is -1.96. The van der Waals surface area contributed by atoms with Crippen molar-refractivity contribution < 1.29 is 14.1 Å². The van der Waals surface area contributed by atoms with Crippen LogP contribution in [0.2, 0.25) is 0 Å². The first-order valence-electron chi connectivity index (χ1n) is 8.62. The molecule has 130 valence electrons. The molecule has 3 amide bonds. The summed E-state index contributed by atoms with van der Waals surface area (Å²) in [5.74, 6) is 1.89. The van der Waals surface area contributed by atoms with Crippen molar-refractivity contribution in [2.45, 2.75) is 50.6 Å². The van der Waals surface area contributed by atoms with Crippen molar-refractivity contribution in [1.29, 1.82) is 0 Å². The molecule has 0 bridgehead atoms. The molecule has 0 spiro atoms. The average molecular weight is 333 g/mol. The minimum absolute atomic E-state index is 0.0819. The Morgan fingerprint density at radius 3 is 2.79 bits per heavy atom. The van der Waals surface area contributed by atoms with E-state index in [4.69, 9.17) is 4.52 Å². The third-order valence-corrected chi connectivity index (χ3v) is 5.53. The van der Waals surface area contributed by atoms with E-state index in [1.807, 2.05) is 6.92 Å². The minimum atomic E-state index is -0.821. The zero-order valence-electron chi connectivity index (χ0n) is 14.1. The van der Waals surface area contributed by atoms with Gasteiger partial charge >= 0.3 is 6.03 Å². The summed E-state index contributed by atoms with van der Waals surface area (Å²) in [6, 6.07) is -0.314. The Labute approximate surface area is 140 Å². The van der Waals surface area contributed by atoms with Gasteiger partial charge in [0.2, 0.25) is 5.89 Å². The first-order valence-corrected chi connectivity index (χ1v) is 8.62. The highest BCUT2D eigenvalue weighted by molar-refractivity contribution is 6.06. The van der Waals surface area contributed by atoms with Gasteiger partial charge in [0.1, 0.15) is 5.54 Å². The normalized spacial score (nSPS) is 31.6. The Balaban J connectivity index is 1.43. The number of amides is 3. The van der Waals surface area contributed by atoms with Gasteiger partial charge in [-0.25, -0.2) is 4.79 Å². The van der Waals surface area contributed by atoms with Crippen molar-refractivity contribution in [3.8, 4) is 0 Å². The highest BCUT2D eigenvalue weighted by Gasteiger charge is 2.51. The first-order chi connectivity index (χ1) is 11.5. The van der Waals surface area contributed by atoms with Crippen LogP contribution < -0.4 is 5.32 Å². The topological polar surface area (TPSA) is 91.6 Å². The summed E-state index contributed by atoms with van der Waals surface area (Å²) < 4.78 is 5.36. The lowest BCUT2D eigenvalue weighted by Gasteiger charge is -2.39. The van der Waals surface area contributed by atoms with Crippen LogP contribution in [0, 0.1) is 5.92 Å². The standard InChI is InChI=1S/C16H23N5O3/c1-16(14(22)20(2)15(23)18-16)11-4-3-7-21(8-11)9-12-17-13(19-24-12)10-5-6-10/h10-11H,3-9H2,1-2H3,(H,18,23). The minimum Gasteiger partial charge on any atom is -0.338 e. The molecule has 2 aliphatic heterocycles. The molecule has 2 saturated heterocycles. The van der Waals surface area contributed by atoms with E-state index in [0.29, 0.717) is 18.4 Å². The third-order valence-electron chi connectivity index (χ3n) is 5.53. The zero-order valence-corrected chi connectivity index (χ0v) is 14.1. The van der Waals surface area contributed by atoms with Crippen LogP contribution in [0.15, 0.2) is 4.52 Å². The summed E-state index contributed by atoms with van der Waals surface area (Å²) in [6.45, 7) is 4.11. The number of rotatable bonds is 4. The Morgan fingerprint density at radius 2 is 2.12 bits per heavy atom. The number of urea groups is 1. The number of likely N-dealkylation sites (N-methyl/N-ethyl adjacent to an activating group) is 1. The monoisotopic (exact) mass is 333 g/mol. The number of nitrogens with zero attached hydrogens (tertiary/aromatic N) is 4. The van der Waals surface area contributed by atoms with Crippen LogP contribution in [0.5, 0.6) is 0 Å². The molecule has 8 nitrogen and oxygen atoms in total. The number of imide groups is 1. The van der Waals surface area contributed by atoms with Crippen LogP contribution in [-0.2, 0) is 11.3 Å². The largest absolute Gasteiger partial charge is 0.338 e. The summed E-state index contributed by atoms with van der Waals surface area (Å²) in [5, 5.41) is 6.93. The number of likely N-dealkylation sites (tertiary alicyclic amines) is 1. The molecule has 24 heavy (non-hydrogen) atoms. The Bertz CT molecular complexity index is 670. The second-order valence-corrected chi connectivity index (χ2v) is 7.39. The number of hydrogen-bond acceptors (Lipinski definition) is 6. The lowest BCUT2D eigenvalue weighted by Crippen LogP contribution is -2.55. The van der Waals surface area contributed by atoms with Crippen LogP contribution in [0.4, 0.5) is 4.79 Å². The molecule has 4 rings (SSSR count). The van der Waals surface area contributed by atoms with E-state index in [1.165, 1.54) is 11.9 Å². The predicted molar refractivity (Wildman–Crippen MR) is 84.0 cm³/mol. The van der Waals surface area contributed by atoms with Gasteiger partial charge in [-0.3, -0.25) is 14.6 Å². The molecule has 3 fully saturated rings. The lowest BCUT2D eigenvalue weighted by atomic mass is 9.80. The van der Waals surface area contributed by atoms with Crippen LogP contribution in [0.1, 0.15) is 50.2 Å². The molecular formula is C16H23N5O3. The third kappa shape index (κ3) is 2.58. The molecular weight excluding hydrogens is 310 g/mol. The van der Waals surface area contributed by atoms with E-state index in [2.05, 4.69) is 20.4 Å². The van der Waals surface area contributed by atoms with E-state index in [9.17, 15) is 9.59 Å². The van der Waals surface area contributed by atoms with Crippen LogP contribution in [0.25, 0.3) is 0 Å². The Kier molecular flexibility index (Phi) is 3.59. The summed E-state index contributed by atoms with van der Waals surface area (Å²) >= 11 is 0. The number of hydrogen-bond donors (Lipinski definition) is 1. The van der Waals surface area contributed by atoms with Crippen molar-refractivity contribution in [1.82, 2.24) is 25.3 Å². The molecule has 0 radical (unpaired) electrons. The summed E-state index contributed by atoms with van der Waals surface area (Å²) in [5.41, 5.74) is -0.821. The molecule has 1 aromatic heterocycles. The highest BCUT2D eigenvalue weighted by atomic mass is 16.5. The van der Waals surface area contributed by atoms with E-state index < -0.39 is 5.54 Å². The van der Waals surface area contributed by atoms with Crippen molar-refractivity contribution in [2.75, 3.05) is 20.1 Å². The number of carbonyl (C=O) groups is 2. The van der Waals surface area contributed by atoms with E-state index in [1.54, 1.807) is 0 Å². The van der Waals surface area contributed by atoms with Gasteiger partial charge in [-0.05, 0) is 39.2 Å². The number of nitrogens with one attached hydrogen (secondary N) is 1. The van der Waals surface area contributed by atoms with Gasteiger partial charge in [0.25, 0.3) is 5.91 Å². The molecule has 2 atom stereocenters. The summed E-state index contributed by atoms with van der Waals surface area (Å²) in [4.78, 5) is 32.2. The lowest BCUT2D eigenvalue weighted by molar-refractivity contribution is -0.132. The van der Waals surface area contributed by atoms with Gasteiger partial charge in [0, 0.05) is 25.4 Å². The Morgan fingerprint density at radius 1 is 1.33 bits per heavy atom. The quantitative estimate of drug-likeness (QED) is 0.830. The van der Waals surface area contributed by atoms with Crippen molar-refractivity contribution in [3.05, 3.63) is 11.7 Å². The van der Waals surface area contributed by atoms with Gasteiger partial charge in [-0.1, -0.05) is 5.16 Å². The second-order valence-electron chi connectivity index (χ2n) is 7.39. The summed E-state index contributed by atoms with van der Waals surface area (Å²) in [6.07, 6.45) is 4.21. The van der Waals surface area contributed by atoms with Gasteiger partial charge in [0.15, 0.2) is 5.82 Å². The van der Waals surface area contributed by atoms with E-state index in [0.717, 1.165) is 44.6 Å². The molecule has 1 aromatic rings. The number of carbonyl (C=O) groups excluding carboxylic acids is 2. The van der Waals surface area contributed by atoms with Crippen LogP contribution >= 0.6 is 0 Å². The molecule has 1 saturated carbocycles. The van der Waals surface area contributed by atoms with Crippen LogP contribution in [-0.4, -0.2) is 57.6 Å². The zero-order chi connectivity index (χ0) is 16.9. The first kappa shape index (κ1) is 15.6. The van der Waals surface area contributed by atoms with E-state index in [-0.39, 0.29) is 17.9 Å². The molecule has 2 unspecified atom stereocenters. The maximum absolute atomic E-state index is 12.5. The predicted octanol–water partition coefficient (Wildman–Crippen LogP) is 1.10. The summed E-state index contributed by atoms with van der Waals surface area (Å²) in [7, 11) is 1.53. The van der Waals surface area contributed by atoms with Gasteiger partial charge in [-0.2, -0.15) is 4.98 Å². The molecule has 1 N–H and O–H groups in total.